The van der Waals surface area contributed by atoms with E-state index in [9.17, 15) is 0 Å². The van der Waals surface area contributed by atoms with Crippen LogP contribution in [0.25, 0.3) is 0 Å². The van der Waals surface area contributed by atoms with E-state index in [1.165, 1.54) is 64.0 Å². The Morgan fingerprint density at radius 3 is 2.75 bits per heavy atom. The van der Waals surface area contributed by atoms with Crippen molar-refractivity contribution in [3.63, 3.8) is 0 Å². The molecule has 3 aliphatic rings. The molecule has 1 unspecified atom stereocenters. The topological polar surface area (TPSA) is 15.3 Å². The second kappa shape index (κ2) is 5.57. The van der Waals surface area contributed by atoms with Crippen molar-refractivity contribution in [3.05, 3.63) is 29.8 Å². The number of halogens is 1. The summed E-state index contributed by atoms with van der Waals surface area (Å²) in [6.45, 7) is 4.97. The summed E-state index contributed by atoms with van der Waals surface area (Å²) >= 11 is 0. The molecular formula is C17H25ClN2. The molecule has 4 rings (SSSR count). The summed E-state index contributed by atoms with van der Waals surface area (Å²) < 4.78 is 0. The predicted molar refractivity (Wildman–Crippen MR) is 87.0 cm³/mol. The molecule has 1 aromatic carbocycles. The lowest BCUT2D eigenvalue weighted by Crippen LogP contribution is -2.43. The Hall–Kier alpha value is -0.730. The maximum absolute atomic E-state index is 3.55. The fourth-order valence-electron chi connectivity index (χ4n) is 4.32. The van der Waals surface area contributed by atoms with Gasteiger partial charge >= 0.3 is 0 Å². The first-order valence-electron chi connectivity index (χ1n) is 7.93. The average Bonchev–Trinajstić information content (AvgIpc) is 2.75. The van der Waals surface area contributed by atoms with Crippen LogP contribution in [0.3, 0.4) is 0 Å². The molecule has 2 aliphatic heterocycles. The molecule has 110 valence electrons. The van der Waals surface area contributed by atoms with Gasteiger partial charge in [0.2, 0.25) is 0 Å². The first-order valence-corrected chi connectivity index (χ1v) is 7.93. The van der Waals surface area contributed by atoms with E-state index < -0.39 is 0 Å². The maximum Gasteiger partial charge on any atom is 0.0405 e. The average molecular weight is 293 g/mol. The number of anilines is 1. The fraction of sp³-hybridized carbons (Fsp3) is 0.647. The molecule has 2 fully saturated rings. The summed E-state index contributed by atoms with van der Waals surface area (Å²) in [5.41, 5.74) is 3.70. The van der Waals surface area contributed by atoms with E-state index >= 15 is 0 Å². The Morgan fingerprint density at radius 1 is 1.20 bits per heavy atom. The fourth-order valence-corrected chi connectivity index (χ4v) is 4.32. The third kappa shape index (κ3) is 2.23. The number of rotatable bonds is 2. The maximum atomic E-state index is 3.55. The van der Waals surface area contributed by atoms with Crippen molar-refractivity contribution in [1.29, 1.82) is 0 Å². The van der Waals surface area contributed by atoms with Crippen molar-refractivity contribution in [2.24, 2.45) is 5.92 Å². The molecule has 1 atom stereocenters. The first kappa shape index (κ1) is 14.2. The predicted octanol–water partition coefficient (Wildman–Crippen LogP) is 3.35. The van der Waals surface area contributed by atoms with Gasteiger partial charge in [0.1, 0.15) is 0 Å². The van der Waals surface area contributed by atoms with Gasteiger partial charge in [-0.2, -0.15) is 0 Å². The Labute approximate surface area is 128 Å². The zero-order valence-electron chi connectivity index (χ0n) is 12.1. The zero-order chi connectivity index (χ0) is 12.7. The molecular weight excluding hydrogens is 268 g/mol. The van der Waals surface area contributed by atoms with E-state index in [2.05, 4.69) is 34.5 Å². The summed E-state index contributed by atoms with van der Waals surface area (Å²) in [6.07, 6.45) is 6.99. The lowest BCUT2D eigenvalue weighted by molar-refractivity contribution is 0.259. The van der Waals surface area contributed by atoms with Gasteiger partial charge in [-0.1, -0.05) is 24.6 Å². The van der Waals surface area contributed by atoms with Crippen molar-refractivity contribution >= 4 is 18.1 Å². The van der Waals surface area contributed by atoms with Crippen molar-refractivity contribution in [1.82, 2.24) is 5.32 Å². The lowest BCUT2D eigenvalue weighted by Gasteiger charge is -2.39. The van der Waals surface area contributed by atoms with Gasteiger partial charge in [0.25, 0.3) is 0 Å². The minimum atomic E-state index is 0. The highest BCUT2D eigenvalue weighted by atomic mass is 35.5. The van der Waals surface area contributed by atoms with E-state index in [4.69, 9.17) is 0 Å². The number of benzene rings is 1. The second-order valence-corrected chi connectivity index (χ2v) is 6.74. The molecule has 0 amide bonds. The highest BCUT2D eigenvalue weighted by Gasteiger charge is 2.46. The van der Waals surface area contributed by atoms with Gasteiger partial charge in [-0.05, 0) is 56.3 Å². The van der Waals surface area contributed by atoms with Crippen LogP contribution in [0, 0.1) is 5.92 Å². The molecule has 1 saturated carbocycles. The van der Waals surface area contributed by atoms with Crippen LogP contribution in [-0.4, -0.2) is 26.2 Å². The van der Waals surface area contributed by atoms with Gasteiger partial charge in [-0.25, -0.2) is 0 Å². The Morgan fingerprint density at radius 2 is 2.05 bits per heavy atom. The number of nitrogens with zero attached hydrogens (tertiary/aromatic N) is 1. The lowest BCUT2D eigenvalue weighted by atomic mass is 9.66. The van der Waals surface area contributed by atoms with Crippen LogP contribution in [0.15, 0.2) is 24.3 Å². The first-order chi connectivity index (χ1) is 9.37. The van der Waals surface area contributed by atoms with Crippen molar-refractivity contribution in [2.75, 3.05) is 31.1 Å². The highest BCUT2D eigenvalue weighted by molar-refractivity contribution is 5.85. The number of nitrogens with one attached hydrogen (secondary N) is 1. The molecule has 3 heteroatoms. The van der Waals surface area contributed by atoms with Gasteiger partial charge in [-0.15, -0.1) is 12.4 Å². The van der Waals surface area contributed by atoms with E-state index in [-0.39, 0.29) is 12.4 Å². The number of para-hydroxylation sites is 1. The molecule has 2 nitrogen and oxygen atoms in total. The molecule has 20 heavy (non-hydrogen) atoms. The third-order valence-electron chi connectivity index (χ3n) is 5.50. The smallest absolute Gasteiger partial charge is 0.0405 e. The summed E-state index contributed by atoms with van der Waals surface area (Å²) in [4.78, 5) is 2.69. The van der Waals surface area contributed by atoms with Crippen molar-refractivity contribution in [3.8, 4) is 0 Å². The van der Waals surface area contributed by atoms with Crippen molar-refractivity contribution in [2.45, 2.75) is 37.5 Å². The number of hydrogen-bond acceptors (Lipinski definition) is 2. The van der Waals surface area contributed by atoms with E-state index in [0.29, 0.717) is 5.41 Å². The largest absolute Gasteiger partial charge is 0.370 e. The number of fused-ring (bicyclic) bond motifs is 2. The molecule has 1 aliphatic carbocycles. The quantitative estimate of drug-likeness (QED) is 0.899. The Bertz CT molecular complexity index is 464. The minimum Gasteiger partial charge on any atom is -0.370 e. The van der Waals surface area contributed by atoms with Crippen LogP contribution in [0.1, 0.15) is 37.7 Å². The molecule has 0 radical (unpaired) electrons. The van der Waals surface area contributed by atoms with Gasteiger partial charge in [0, 0.05) is 24.2 Å². The molecule has 2 heterocycles. The van der Waals surface area contributed by atoms with Crippen LogP contribution < -0.4 is 10.2 Å². The van der Waals surface area contributed by atoms with E-state index in [1.807, 2.05) is 0 Å². The minimum absolute atomic E-state index is 0. The van der Waals surface area contributed by atoms with E-state index in [0.717, 1.165) is 5.92 Å². The van der Waals surface area contributed by atoms with Gasteiger partial charge in [-0.3, -0.25) is 0 Å². The molecule has 0 aromatic heterocycles. The summed E-state index contributed by atoms with van der Waals surface area (Å²) in [5.74, 6) is 0.844. The van der Waals surface area contributed by atoms with Gasteiger partial charge in [0.15, 0.2) is 0 Å². The van der Waals surface area contributed by atoms with Gasteiger partial charge in [0.05, 0.1) is 0 Å². The normalized spacial score (nSPS) is 26.8. The standard InChI is InChI=1S/C17H24N2.ClH/c1-2-7-16-15(6-1)17(8-4-9-17)13-19(16)12-14-5-3-10-18-11-14;/h1-2,6-7,14,18H,3-5,8-13H2;1H. The van der Waals surface area contributed by atoms with Crippen LogP contribution in [0.2, 0.25) is 0 Å². The Balaban J connectivity index is 0.00000121. The van der Waals surface area contributed by atoms with E-state index in [1.54, 1.807) is 5.56 Å². The molecule has 1 aromatic rings. The number of hydrogen-bond donors (Lipinski definition) is 1. The Kier molecular flexibility index (Phi) is 3.96. The van der Waals surface area contributed by atoms with Crippen LogP contribution >= 0.6 is 12.4 Å². The molecule has 1 spiro atoms. The van der Waals surface area contributed by atoms with Crippen LogP contribution in [0.4, 0.5) is 5.69 Å². The third-order valence-corrected chi connectivity index (χ3v) is 5.50. The van der Waals surface area contributed by atoms with Crippen LogP contribution in [-0.2, 0) is 5.41 Å². The monoisotopic (exact) mass is 292 g/mol. The molecule has 0 bridgehead atoms. The van der Waals surface area contributed by atoms with Crippen molar-refractivity contribution < 1.29 is 0 Å². The highest BCUT2D eigenvalue weighted by Crippen LogP contribution is 2.52. The summed E-state index contributed by atoms with van der Waals surface area (Å²) in [5, 5.41) is 3.55. The summed E-state index contributed by atoms with van der Waals surface area (Å²) in [6, 6.07) is 9.17. The van der Waals surface area contributed by atoms with Crippen LogP contribution in [0.5, 0.6) is 0 Å². The molecule has 1 saturated heterocycles. The number of piperidine rings is 1. The zero-order valence-corrected chi connectivity index (χ0v) is 12.9. The second-order valence-electron chi connectivity index (χ2n) is 6.74. The van der Waals surface area contributed by atoms with Gasteiger partial charge < -0.3 is 10.2 Å². The SMILES string of the molecule is Cl.c1ccc2c(c1)N(CC1CCCNC1)CC21CCC1. The summed E-state index contributed by atoms with van der Waals surface area (Å²) in [7, 11) is 0. The molecule has 1 N–H and O–H groups in total.